The zero-order valence-corrected chi connectivity index (χ0v) is 15.1. The summed E-state index contributed by atoms with van der Waals surface area (Å²) in [6, 6.07) is 9.75. The molecule has 0 unspecified atom stereocenters. The first-order valence-corrected chi connectivity index (χ1v) is 9.66. The monoisotopic (exact) mass is 354 g/mol. The maximum atomic E-state index is 12.4. The van der Waals surface area contributed by atoms with E-state index < -0.39 is 0 Å². The Kier molecular flexibility index (Phi) is 5.29. The molecule has 0 atom stereocenters. The predicted molar refractivity (Wildman–Crippen MR) is 98.4 cm³/mol. The number of amides is 1. The minimum atomic E-state index is 0.249. The number of nitrogens with zero attached hydrogens (tertiary/aromatic N) is 4. The standard InChI is InChI=1S/C20H26N4O2/c25-19(24-13-11-23(12-14-24)15-16-9-10-16)8-4-7-18-21-22-20(26-18)17-5-2-1-3-6-17/h1-3,5-6,16H,4,7-15H2. The molecule has 2 fully saturated rings. The van der Waals surface area contributed by atoms with Crippen LogP contribution in [0.3, 0.4) is 0 Å². The van der Waals surface area contributed by atoms with Crippen molar-refractivity contribution in [2.24, 2.45) is 5.92 Å². The minimum absolute atomic E-state index is 0.249. The van der Waals surface area contributed by atoms with Crippen LogP contribution in [-0.4, -0.2) is 58.6 Å². The van der Waals surface area contributed by atoms with Crippen molar-refractivity contribution < 1.29 is 9.21 Å². The van der Waals surface area contributed by atoms with Gasteiger partial charge in [-0.05, 0) is 37.3 Å². The molecule has 4 rings (SSSR count). The van der Waals surface area contributed by atoms with Crippen LogP contribution in [0, 0.1) is 5.92 Å². The van der Waals surface area contributed by atoms with Gasteiger partial charge in [-0.2, -0.15) is 0 Å². The van der Waals surface area contributed by atoms with Crippen LogP contribution >= 0.6 is 0 Å². The summed E-state index contributed by atoms with van der Waals surface area (Å²) in [5.74, 6) is 2.32. The van der Waals surface area contributed by atoms with E-state index in [-0.39, 0.29) is 5.91 Å². The second kappa shape index (κ2) is 7.99. The average molecular weight is 354 g/mol. The van der Waals surface area contributed by atoms with Crippen LogP contribution in [0.15, 0.2) is 34.7 Å². The fraction of sp³-hybridized carbons (Fsp3) is 0.550. The Morgan fingerprint density at radius 1 is 1.08 bits per heavy atom. The van der Waals surface area contributed by atoms with Crippen LogP contribution in [0.2, 0.25) is 0 Å². The lowest BCUT2D eigenvalue weighted by Gasteiger charge is -2.34. The third kappa shape index (κ3) is 4.49. The van der Waals surface area contributed by atoms with Crippen LogP contribution in [0.1, 0.15) is 31.6 Å². The van der Waals surface area contributed by atoms with Crippen molar-refractivity contribution in [2.75, 3.05) is 32.7 Å². The lowest BCUT2D eigenvalue weighted by Crippen LogP contribution is -2.49. The third-order valence-corrected chi connectivity index (χ3v) is 5.21. The van der Waals surface area contributed by atoms with Gasteiger partial charge in [-0.25, -0.2) is 0 Å². The first-order chi connectivity index (χ1) is 12.8. The van der Waals surface area contributed by atoms with E-state index in [4.69, 9.17) is 4.42 Å². The Labute approximate surface area is 154 Å². The zero-order chi connectivity index (χ0) is 17.8. The van der Waals surface area contributed by atoms with Crippen LogP contribution in [0.25, 0.3) is 11.5 Å². The number of hydrogen-bond donors (Lipinski definition) is 0. The average Bonchev–Trinajstić information content (AvgIpc) is 3.37. The molecule has 2 aromatic rings. The molecule has 1 saturated heterocycles. The SMILES string of the molecule is O=C(CCCc1nnc(-c2ccccc2)o1)N1CCN(CC2CC2)CC1. The quantitative estimate of drug-likeness (QED) is 0.765. The summed E-state index contributed by atoms with van der Waals surface area (Å²) in [4.78, 5) is 16.9. The molecule has 1 aromatic carbocycles. The predicted octanol–water partition coefficient (Wildman–Crippen LogP) is 2.61. The summed E-state index contributed by atoms with van der Waals surface area (Å²) >= 11 is 0. The molecule has 2 aliphatic rings. The van der Waals surface area contributed by atoms with Crippen molar-refractivity contribution in [3.05, 3.63) is 36.2 Å². The Morgan fingerprint density at radius 3 is 2.58 bits per heavy atom. The maximum absolute atomic E-state index is 12.4. The van der Waals surface area contributed by atoms with Gasteiger partial charge in [0.05, 0.1) is 0 Å². The van der Waals surface area contributed by atoms with E-state index in [0.29, 0.717) is 24.6 Å². The van der Waals surface area contributed by atoms with E-state index in [9.17, 15) is 4.79 Å². The normalized spacial score (nSPS) is 18.2. The topological polar surface area (TPSA) is 62.5 Å². The van der Waals surface area contributed by atoms with E-state index in [1.54, 1.807) is 0 Å². The Balaban J connectivity index is 1.19. The molecule has 6 heteroatoms. The summed E-state index contributed by atoms with van der Waals surface area (Å²) in [5.41, 5.74) is 0.923. The van der Waals surface area contributed by atoms with E-state index >= 15 is 0 Å². The fourth-order valence-electron chi connectivity index (χ4n) is 3.45. The fourth-order valence-corrected chi connectivity index (χ4v) is 3.45. The maximum Gasteiger partial charge on any atom is 0.247 e. The third-order valence-electron chi connectivity index (χ3n) is 5.21. The number of hydrogen-bond acceptors (Lipinski definition) is 5. The van der Waals surface area contributed by atoms with Crippen molar-refractivity contribution in [3.63, 3.8) is 0 Å². The molecule has 1 aliphatic heterocycles. The molecule has 6 nitrogen and oxygen atoms in total. The van der Waals surface area contributed by atoms with Crippen molar-refractivity contribution in [1.29, 1.82) is 0 Å². The van der Waals surface area contributed by atoms with Crippen molar-refractivity contribution >= 4 is 5.91 Å². The van der Waals surface area contributed by atoms with Gasteiger partial charge in [0.15, 0.2) is 0 Å². The molecule has 0 radical (unpaired) electrons. The van der Waals surface area contributed by atoms with Crippen LogP contribution in [-0.2, 0) is 11.2 Å². The molecule has 0 N–H and O–H groups in total. The van der Waals surface area contributed by atoms with Crippen LogP contribution < -0.4 is 0 Å². The van der Waals surface area contributed by atoms with Gasteiger partial charge in [-0.1, -0.05) is 18.2 Å². The molecular weight excluding hydrogens is 328 g/mol. The molecule has 138 valence electrons. The number of aryl methyl sites for hydroxylation is 1. The zero-order valence-electron chi connectivity index (χ0n) is 15.1. The van der Waals surface area contributed by atoms with E-state index in [1.807, 2.05) is 35.2 Å². The van der Waals surface area contributed by atoms with Crippen LogP contribution in [0.4, 0.5) is 0 Å². The molecule has 1 aliphatic carbocycles. The number of benzene rings is 1. The molecule has 0 spiro atoms. The highest BCUT2D eigenvalue weighted by Gasteiger charge is 2.27. The Morgan fingerprint density at radius 2 is 1.85 bits per heavy atom. The van der Waals surface area contributed by atoms with Gasteiger partial charge in [0.1, 0.15) is 0 Å². The minimum Gasteiger partial charge on any atom is -0.421 e. The summed E-state index contributed by atoms with van der Waals surface area (Å²) in [6.07, 6.45) is 4.72. The van der Waals surface area contributed by atoms with Crippen molar-refractivity contribution in [3.8, 4) is 11.5 Å². The Hall–Kier alpha value is -2.21. The molecular formula is C20H26N4O2. The number of rotatable bonds is 7. The summed E-state index contributed by atoms with van der Waals surface area (Å²) in [7, 11) is 0. The van der Waals surface area contributed by atoms with E-state index in [2.05, 4.69) is 15.1 Å². The summed E-state index contributed by atoms with van der Waals surface area (Å²) in [6.45, 7) is 5.00. The van der Waals surface area contributed by atoms with Gasteiger partial charge in [-0.15, -0.1) is 10.2 Å². The van der Waals surface area contributed by atoms with E-state index in [0.717, 1.165) is 44.1 Å². The lowest BCUT2D eigenvalue weighted by molar-refractivity contribution is -0.133. The number of piperazine rings is 1. The molecule has 1 aromatic heterocycles. The van der Waals surface area contributed by atoms with Crippen LogP contribution in [0.5, 0.6) is 0 Å². The second-order valence-electron chi connectivity index (χ2n) is 7.35. The number of carbonyl (C=O) groups is 1. The summed E-state index contributed by atoms with van der Waals surface area (Å²) < 4.78 is 5.70. The Bertz CT molecular complexity index is 718. The molecule has 2 heterocycles. The highest BCUT2D eigenvalue weighted by molar-refractivity contribution is 5.76. The van der Waals surface area contributed by atoms with Gasteiger partial charge in [0.2, 0.25) is 17.7 Å². The van der Waals surface area contributed by atoms with Crippen molar-refractivity contribution in [1.82, 2.24) is 20.0 Å². The van der Waals surface area contributed by atoms with Gasteiger partial charge < -0.3 is 9.32 Å². The van der Waals surface area contributed by atoms with Gasteiger partial charge in [0, 0.05) is 51.1 Å². The second-order valence-corrected chi connectivity index (χ2v) is 7.35. The van der Waals surface area contributed by atoms with Crippen molar-refractivity contribution in [2.45, 2.75) is 32.1 Å². The van der Waals surface area contributed by atoms with Gasteiger partial charge >= 0.3 is 0 Å². The highest BCUT2D eigenvalue weighted by Crippen LogP contribution is 2.30. The lowest BCUT2D eigenvalue weighted by atomic mass is 10.2. The van der Waals surface area contributed by atoms with Gasteiger partial charge in [-0.3, -0.25) is 9.69 Å². The molecule has 26 heavy (non-hydrogen) atoms. The molecule has 0 bridgehead atoms. The highest BCUT2D eigenvalue weighted by atomic mass is 16.4. The molecule has 1 saturated carbocycles. The molecule has 1 amide bonds. The number of carbonyl (C=O) groups excluding carboxylic acids is 1. The number of aromatic nitrogens is 2. The first-order valence-electron chi connectivity index (χ1n) is 9.66. The largest absolute Gasteiger partial charge is 0.421 e. The van der Waals surface area contributed by atoms with Gasteiger partial charge in [0.25, 0.3) is 0 Å². The van der Waals surface area contributed by atoms with E-state index in [1.165, 1.54) is 19.4 Å². The summed E-state index contributed by atoms with van der Waals surface area (Å²) in [5, 5.41) is 8.19. The first kappa shape index (κ1) is 17.2. The smallest absolute Gasteiger partial charge is 0.247 e.